The van der Waals surface area contributed by atoms with Crippen LogP contribution in [-0.2, 0) is 4.79 Å². The van der Waals surface area contributed by atoms with Crippen molar-refractivity contribution in [2.75, 3.05) is 6.61 Å². The number of hydrogen-bond donors (Lipinski definition) is 3. The van der Waals surface area contributed by atoms with Crippen LogP contribution in [0.25, 0.3) is 0 Å². The monoisotopic (exact) mass is 690 g/mol. The van der Waals surface area contributed by atoms with Crippen LogP contribution in [0.15, 0.2) is 109 Å². The number of carbonyl (C=O) groups is 1. The zero-order valence-electron chi connectivity index (χ0n) is 32.1. The number of unbranched alkanes of at least 4 members (excludes halogenated alkanes) is 11. The number of amides is 1. The summed E-state index contributed by atoms with van der Waals surface area (Å²) in [6.07, 6.45) is 61.8. The Morgan fingerprint density at radius 2 is 0.900 bits per heavy atom. The quantitative estimate of drug-likeness (QED) is 0.0465. The summed E-state index contributed by atoms with van der Waals surface area (Å²) in [4.78, 5) is 12.3. The van der Waals surface area contributed by atoms with Crippen molar-refractivity contribution in [3.8, 4) is 0 Å². The molecule has 0 fully saturated rings. The van der Waals surface area contributed by atoms with Crippen LogP contribution < -0.4 is 5.32 Å². The molecule has 0 spiro atoms. The molecule has 282 valence electrons. The SMILES string of the molecule is CC/C=C\C/C=C\C/C=C\C/C=C\C/C=C\C/C=C\C/C=C\CCCCCC(=O)NC(CO)C(O)/C=C/CC/C=C/CCCCCCCCC. The number of aliphatic hydroxyl groups excluding tert-OH is 2. The molecule has 0 saturated heterocycles. The second-order valence-corrected chi connectivity index (χ2v) is 13.0. The Morgan fingerprint density at radius 3 is 1.40 bits per heavy atom. The van der Waals surface area contributed by atoms with E-state index in [2.05, 4.69) is 116 Å². The first-order valence-corrected chi connectivity index (χ1v) is 20.1. The van der Waals surface area contributed by atoms with E-state index in [0.717, 1.165) is 89.9 Å². The van der Waals surface area contributed by atoms with E-state index in [0.29, 0.717) is 6.42 Å². The van der Waals surface area contributed by atoms with Crippen molar-refractivity contribution in [2.24, 2.45) is 0 Å². The van der Waals surface area contributed by atoms with E-state index in [-0.39, 0.29) is 12.5 Å². The molecule has 0 aliphatic heterocycles. The van der Waals surface area contributed by atoms with Crippen LogP contribution in [0.3, 0.4) is 0 Å². The van der Waals surface area contributed by atoms with Gasteiger partial charge in [-0.3, -0.25) is 4.79 Å². The van der Waals surface area contributed by atoms with Crippen LogP contribution in [0, 0.1) is 0 Å². The number of hydrogen-bond acceptors (Lipinski definition) is 3. The summed E-state index contributed by atoms with van der Waals surface area (Å²) < 4.78 is 0. The third kappa shape index (κ3) is 36.3. The van der Waals surface area contributed by atoms with Crippen molar-refractivity contribution in [3.63, 3.8) is 0 Å². The minimum Gasteiger partial charge on any atom is -0.394 e. The summed E-state index contributed by atoms with van der Waals surface area (Å²) in [5.74, 6) is -0.113. The van der Waals surface area contributed by atoms with Crippen LogP contribution in [0.4, 0.5) is 0 Å². The third-order valence-electron chi connectivity index (χ3n) is 8.24. The predicted octanol–water partition coefficient (Wildman–Crippen LogP) is 12.5. The number of carbonyl (C=O) groups excluding carboxylic acids is 1. The molecule has 50 heavy (non-hydrogen) atoms. The molecule has 0 aromatic heterocycles. The average Bonchev–Trinajstić information content (AvgIpc) is 3.12. The van der Waals surface area contributed by atoms with E-state index < -0.39 is 12.1 Å². The first-order valence-electron chi connectivity index (χ1n) is 20.1. The molecule has 0 aromatic carbocycles. The van der Waals surface area contributed by atoms with Gasteiger partial charge in [-0.15, -0.1) is 0 Å². The molecule has 0 aromatic rings. The summed E-state index contributed by atoms with van der Waals surface area (Å²) in [6.45, 7) is 4.13. The molecular weight excluding hydrogens is 615 g/mol. The fourth-order valence-corrected chi connectivity index (χ4v) is 5.17. The highest BCUT2D eigenvalue weighted by atomic mass is 16.3. The second kappa shape index (κ2) is 40.5. The summed E-state index contributed by atoms with van der Waals surface area (Å²) in [6, 6.07) is -0.663. The highest BCUT2D eigenvalue weighted by Crippen LogP contribution is 2.10. The van der Waals surface area contributed by atoms with Gasteiger partial charge in [0.05, 0.1) is 18.8 Å². The van der Waals surface area contributed by atoms with Crippen molar-refractivity contribution in [1.82, 2.24) is 5.32 Å². The van der Waals surface area contributed by atoms with Crippen LogP contribution in [-0.4, -0.2) is 34.9 Å². The molecule has 2 atom stereocenters. The van der Waals surface area contributed by atoms with Gasteiger partial charge in [0.25, 0.3) is 0 Å². The molecule has 3 N–H and O–H groups in total. The molecule has 0 rings (SSSR count). The van der Waals surface area contributed by atoms with Gasteiger partial charge in [0.1, 0.15) is 0 Å². The lowest BCUT2D eigenvalue weighted by atomic mass is 10.1. The molecule has 0 aliphatic carbocycles. The standard InChI is InChI=1S/C46H75NO3/c1-3-5-7-9-11-13-15-17-18-19-20-21-22-23-24-25-26-27-28-30-32-34-36-38-40-42-46(50)47-44(43-48)45(49)41-39-37-35-33-31-29-16-14-12-10-8-6-4-2/h5,7,11,13,17-18,20-21,23-24,26-27,30-33,39,41,44-45,48-49H,3-4,6,8-10,12,14-16,19,22,25,28-29,34-38,40,42-43H2,1-2H3,(H,47,50)/b7-5-,13-11-,18-17-,21-20-,24-23-,27-26-,32-30-,33-31+,41-39+. The van der Waals surface area contributed by atoms with Gasteiger partial charge in [-0.05, 0) is 89.9 Å². The molecule has 0 bridgehead atoms. The third-order valence-corrected chi connectivity index (χ3v) is 8.24. The Labute approximate surface area is 308 Å². The minimum atomic E-state index is -0.882. The fraction of sp³-hybridized carbons (Fsp3) is 0.587. The number of aliphatic hydroxyl groups is 2. The number of rotatable bonds is 34. The van der Waals surface area contributed by atoms with Crippen LogP contribution in [0.5, 0.6) is 0 Å². The predicted molar refractivity (Wildman–Crippen MR) is 220 cm³/mol. The van der Waals surface area contributed by atoms with Gasteiger partial charge in [-0.25, -0.2) is 0 Å². The summed E-state index contributed by atoms with van der Waals surface area (Å²) in [7, 11) is 0. The van der Waals surface area contributed by atoms with E-state index in [9.17, 15) is 15.0 Å². The first kappa shape index (κ1) is 47.0. The van der Waals surface area contributed by atoms with Crippen LogP contribution in [0.2, 0.25) is 0 Å². The molecule has 4 heteroatoms. The topological polar surface area (TPSA) is 69.6 Å². The molecule has 4 nitrogen and oxygen atoms in total. The van der Waals surface area contributed by atoms with Gasteiger partial charge in [-0.2, -0.15) is 0 Å². The largest absolute Gasteiger partial charge is 0.394 e. The maximum atomic E-state index is 12.3. The lowest BCUT2D eigenvalue weighted by molar-refractivity contribution is -0.123. The van der Waals surface area contributed by atoms with E-state index in [1.165, 1.54) is 44.9 Å². The highest BCUT2D eigenvalue weighted by Gasteiger charge is 2.17. The second-order valence-electron chi connectivity index (χ2n) is 13.0. The zero-order valence-corrected chi connectivity index (χ0v) is 32.1. The lowest BCUT2D eigenvalue weighted by Gasteiger charge is -2.19. The summed E-state index contributed by atoms with van der Waals surface area (Å²) in [5, 5.41) is 22.9. The van der Waals surface area contributed by atoms with Crippen LogP contribution in [0.1, 0.15) is 155 Å². The molecule has 0 heterocycles. The molecular formula is C46H75NO3. The smallest absolute Gasteiger partial charge is 0.220 e. The average molecular weight is 690 g/mol. The lowest BCUT2D eigenvalue weighted by Crippen LogP contribution is -2.45. The summed E-state index contributed by atoms with van der Waals surface area (Å²) in [5.41, 5.74) is 0. The maximum Gasteiger partial charge on any atom is 0.220 e. The van der Waals surface area contributed by atoms with Crippen LogP contribution >= 0.6 is 0 Å². The minimum absolute atomic E-state index is 0.113. The first-order chi connectivity index (χ1) is 24.7. The highest BCUT2D eigenvalue weighted by molar-refractivity contribution is 5.76. The van der Waals surface area contributed by atoms with Gasteiger partial charge in [0, 0.05) is 6.42 Å². The fourth-order valence-electron chi connectivity index (χ4n) is 5.17. The Balaban J connectivity index is 3.79. The Bertz CT molecular complexity index is 1010. The van der Waals surface area contributed by atoms with Crippen molar-refractivity contribution in [1.29, 1.82) is 0 Å². The Morgan fingerprint density at radius 1 is 0.500 bits per heavy atom. The Kier molecular flexibility index (Phi) is 38.1. The van der Waals surface area contributed by atoms with Gasteiger partial charge >= 0.3 is 0 Å². The van der Waals surface area contributed by atoms with E-state index >= 15 is 0 Å². The number of allylic oxidation sites excluding steroid dienone is 17. The normalized spacial score (nSPS) is 14.2. The molecule has 0 radical (unpaired) electrons. The Hall–Kier alpha value is -2.95. The molecule has 0 saturated carbocycles. The van der Waals surface area contributed by atoms with Crippen molar-refractivity contribution >= 4 is 5.91 Å². The summed E-state index contributed by atoms with van der Waals surface area (Å²) >= 11 is 0. The van der Waals surface area contributed by atoms with Crippen molar-refractivity contribution in [2.45, 2.75) is 167 Å². The van der Waals surface area contributed by atoms with E-state index in [1.54, 1.807) is 6.08 Å². The molecule has 1 amide bonds. The number of nitrogens with one attached hydrogen (secondary N) is 1. The van der Waals surface area contributed by atoms with Crippen molar-refractivity contribution < 1.29 is 15.0 Å². The van der Waals surface area contributed by atoms with Crippen molar-refractivity contribution in [3.05, 3.63) is 109 Å². The van der Waals surface area contributed by atoms with Gasteiger partial charge in [0.2, 0.25) is 5.91 Å². The van der Waals surface area contributed by atoms with Gasteiger partial charge in [-0.1, -0.05) is 168 Å². The molecule has 0 aliphatic rings. The molecule has 2 unspecified atom stereocenters. The maximum absolute atomic E-state index is 12.3. The van der Waals surface area contributed by atoms with E-state index in [4.69, 9.17) is 0 Å². The zero-order chi connectivity index (χ0) is 36.4. The van der Waals surface area contributed by atoms with Gasteiger partial charge in [0.15, 0.2) is 0 Å². The van der Waals surface area contributed by atoms with Gasteiger partial charge < -0.3 is 15.5 Å². The van der Waals surface area contributed by atoms with E-state index in [1.807, 2.05) is 6.08 Å².